The van der Waals surface area contributed by atoms with E-state index in [1.807, 2.05) is 20.0 Å². The van der Waals surface area contributed by atoms with E-state index in [0.717, 1.165) is 35.1 Å². The van der Waals surface area contributed by atoms with E-state index in [1.54, 1.807) is 0 Å². The van der Waals surface area contributed by atoms with Crippen LogP contribution >= 0.6 is 0 Å². The Labute approximate surface area is 130 Å². The molecule has 0 spiro atoms. The Kier molecular flexibility index (Phi) is 3.75. The van der Waals surface area contributed by atoms with Crippen LogP contribution < -0.4 is 10.6 Å². The van der Waals surface area contributed by atoms with Crippen LogP contribution in [0.4, 0.5) is 11.5 Å². The third-order valence-corrected chi connectivity index (χ3v) is 3.76. The molecule has 6 nitrogen and oxygen atoms in total. The van der Waals surface area contributed by atoms with Gasteiger partial charge in [0.2, 0.25) is 0 Å². The fourth-order valence-corrected chi connectivity index (χ4v) is 2.50. The maximum absolute atomic E-state index is 4.75. The van der Waals surface area contributed by atoms with Crippen molar-refractivity contribution in [2.75, 3.05) is 17.7 Å². The largest absolute Gasteiger partial charge is 0.388 e. The summed E-state index contributed by atoms with van der Waals surface area (Å²) >= 11 is 0. The first kappa shape index (κ1) is 14.4. The lowest BCUT2D eigenvalue weighted by atomic mass is 10.0. The molecule has 1 aromatic carbocycles. The van der Waals surface area contributed by atoms with Crippen molar-refractivity contribution in [3.63, 3.8) is 0 Å². The highest BCUT2D eigenvalue weighted by molar-refractivity contribution is 6.09. The molecule has 0 saturated heterocycles. The van der Waals surface area contributed by atoms with E-state index in [9.17, 15) is 0 Å². The molecule has 0 fully saturated rings. The molecule has 0 aliphatic carbocycles. The van der Waals surface area contributed by atoms with E-state index < -0.39 is 0 Å². The minimum atomic E-state index is 0.337. The SMILES string of the molecule is CNc1ccc2c(c1)CN(C(C)C)N=C2Nc1cc(C)[nH]n1. The molecule has 0 bridgehead atoms. The fourth-order valence-electron chi connectivity index (χ4n) is 2.50. The zero-order chi connectivity index (χ0) is 15.7. The number of aromatic amines is 1. The van der Waals surface area contributed by atoms with Crippen LogP contribution in [0.25, 0.3) is 0 Å². The van der Waals surface area contributed by atoms with Gasteiger partial charge < -0.3 is 10.6 Å². The first-order valence-corrected chi connectivity index (χ1v) is 7.52. The maximum atomic E-state index is 4.75. The van der Waals surface area contributed by atoms with Gasteiger partial charge in [-0.3, -0.25) is 10.1 Å². The van der Waals surface area contributed by atoms with Gasteiger partial charge in [0.25, 0.3) is 0 Å². The smallest absolute Gasteiger partial charge is 0.159 e. The molecule has 0 radical (unpaired) electrons. The van der Waals surface area contributed by atoms with Crippen LogP contribution in [0.2, 0.25) is 0 Å². The predicted molar refractivity (Wildman–Crippen MR) is 90.2 cm³/mol. The highest BCUT2D eigenvalue weighted by atomic mass is 15.5. The van der Waals surface area contributed by atoms with Crippen molar-refractivity contribution in [1.29, 1.82) is 0 Å². The Morgan fingerprint density at radius 3 is 2.73 bits per heavy atom. The molecule has 6 heteroatoms. The third-order valence-electron chi connectivity index (χ3n) is 3.76. The summed E-state index contributed by atoms with van der Waals surface area (Å²) in [6.07, 6.45) is 0. The summed E-state index contributed by atoms with van der Waals surface area (Å²) in [5, 5.41) is 20.5. The second-order valence-electron chi connectivity index (χ2n) is 5.82. The second kappa shape index (κ2) is 5.71. The van der Waals surface area contributed by atoms with Crippen LogP contribution in [0.5, 0.6) is 0 Å². The van der Waals surface area contributed by atoms with Gasteiger partial charge in [-0.05, 0) is 44.5 Å². The average molecular weight is 298 g/mol. The molecule has 0 amide bonds. The number of fused-ring (bicyclic) bond motifs is 1. The van der Waals surface area contributed by atoms with Crippen molar-refractivity contribution in [2.24, 2.45) is 5.10 Å². The minimum absolute atomic E-state index is 0.337. The van der Waals surface area contributed by atoms with Gasteiger partial charge in [-0.1, -0.05) is 0 Å². The Hall–Kier alpha value is -2.50. The number of hydrazone groups is 1. The van der Waals surface area contributed by atoms with Crippen molar-refractivity contribution in [1.82, 2.24) is 15.2 Å². The van der Waals surface area contributed by atoms with Gasteiger partial charge in [0.15, 0.2) is 11.7 Å². The summed E-state index contributed by atoms with van der Waals surface area (Å²) < 4.78 is 0. The normalized spacial score (nSPS) is 13.9. The van der Waals surface area contributed by atoms with Crippen molar-refractivity contribution >= 4 is 17.3 Å². The highest BCUT2D eigenvalue weighted by Crippen LogP contribution is 2.24. The first-order valence-electron chi connectivity index (χ1n) is 7.52. The number of benzene rings is 1. The molecule has 2 aromatic rings. The van der Waals surface area contributed by atoms with Crippen molar-refractivity contribution in [3.8, 4) is 0 Å². The molecular weight excluding hydrogens is 276 g/mol. The van der Waals surface area contributed by atoms with Crippen molar-refractivity contribution < 1.29 is 0 Å². The Morgan fingerprint density at radius 2 is 2.09 bits per heavy atom. The minimum Gasteiger partial charge on any atom is -0.388 e. The molecule has 0 atom stereocenters. The van der Waals surface area contributed by atoms with Crippen LogP contribution in [0.3, 0.4) is 0 Å². The van der Waals surface area contributed by atoms with E-state index in [2.05, 4.69) is 57.9 Å². The summed E-state index contributed by atoms with van der Waals surface area (Å²) in [4.78, 5) is 0. The van der Waals surface area contributed by atoms with Gasteiger partial charge >= 0.3 is 0 Å². The van der Waals surface area contributed by atoms with Crippen LogP contribution in [-0.2, 0) is 6.54 Å². The Morgan fingerprint density at radius 1 is 1.27 bits per heavy atom. The van der Waals surface area contributed by atoms with Crippen LogP contribution in [0.15, 0.2) is 29.4 Å². The van der Waals surface area contributed by atoms with Gasteiger partial charge in [0.1, 0.15) is 0 Å². The number of hydrogen-bond donors (Lipinski definition) is 3. The van der Waals surface area contributed by atoms with E-state index in [0.29, 0.717) is 6.04 Å². The molecule has 1 aromatic heterocycles. The first-order chi connectivity index (χ1) is 10.6. The van der Waals surface area contributed by atoms with Gasteiger partial charge in [0, 0.05) is 36.1 Å². The lowest BCUT2D eigenvalue weighted by Crippen LogP contribution is -2.34. The Balaban J connectivity index is 1.98. The molecule has 116 valence electrons. The molecule has 0 saturated carbocycles. The standard InChI is InChI=1S/C16H22N6/c1-10(2)22-9-12-8-13(17-4)5-6-14(12)16(21-22)18-15-7-11(3)19-20-15/h5-8,10,17H,9H2,1-4H3,(H2,18,19,20,21). The number of anilines is 2. The van der Waals surface area contributed by atoms with Crippen LogP contribution in [0, 0.1) is 6.92 Å². The third kappa shape index (κ3) is 2.77. The summed E-state index contributed by atoms with van der Waals surface area (Å²) in [6.45, 7) is 7.08. The molecule has 0 unspecified atom stereocenters. The summed E-state index contributed by atoms with van der Waals surface area (Å²) in [6, 6.07) is 8.65. The summed E-state index contributed by atoms with van der Waals surface area (Å²) in [5.74, 6) is 1.62. The lowest BCUT2D eigenvalue weighted by molar-refractivity contribution is 0.219. The predicted octanol–water partition coefficient (Wildman–Crippen LogP) is 2.76. The molecular formula is C16H22N6. The van der Waals surface area contributed by atoms with Gasteiger partial charge in [-0.25, -0.2) is 0 Å². The number of rotatable bonds is 3. The number of nitrogens with zero attached hydrogens (tertiary/aromatic N) is 3. The lowest BCUT2D eigenvalue weighted by Gasteiger charge is -2.30. The van der Waals surface area contributed by atoms with Gasteiger partial charge in [0.05, 0.1) is 6.54 Å². The van der Waals surface area contributed by atoms with Gasteiger partial charge in [-0.2, -0.15) is 10.2 Å². The van der Waals surface area contributed by atoms with E-state index in [-0.39, 0.29) is 0 Å². The number of hydrogen-bond acceptors (Lipinski definition) is 5. The molecule has 3 rings (SSSR count). The molecule has 22 heavy (non-hydrogen) atoms. The highest BCUT2D eigenvalue weighted by Gasteiger charge is 2.21. The maximum Gasteiger partial charge on any atom is 0.159 e. The zero-order valence-electron chi connectivity index (χ0n) is 13.4. The molecule has 3 N–H and O–H groups in total. The van der Waals surface area contributed by atoms with E-state index in [1.165, 1.54) is 5.56 Å². The summed E-state index contributed by atoms with van der Waals surface area (Å²) in [7, 11) is 1.94. The number of aryl methyl sites for hydroxylation is 1. The summed E-state index contributed by atoms with van der Waals surface area (Å²) in [5.41, 5.74) is 4.51. The molecule has 1 aliphatic rings. The quantitative estimate of drug-likeness (QED) is 0.815. The second-order valence-corrected chi connectivity index (χ2v) is 5.82. The van der Waals surface area contributed by atoms with E-state index >= 15 is 0 Å². The molecule has 2 heterocycles. The average Bonchev–Trinajstić information content (AvgIpc) is 2.91. The van der Waals surface area contributed by atoms with Crippen molar-refractivity contribution in [3.05, 3.63) is 41.1 Å². The number of amidine groups is 1. The number of nitrogens with one attached hydrogen (secondary N) is 3. The number of aromatic nitrogens is 2. The topological polar surface area (TPSA) is 68.3 Å². The van der Waals surface area contributed by atoms with Crippen LogP contribution in [-0.4, -0.2) is 34.1 Å². The zero-order valence-corrected chi connectivity index (χ0v) is 13.4. The van der Waals surface area contributed by atoms with E-state index in [4.69, 9.17) is 5.10 Å². The van der Waals surface area contributed by atoms with Crippen molar-refractivity contribution in [2.45, 2.75) is 33.4 Å². The molecule has 1 aliphatic heterocycles. The fraction of sp³-hybridized carbons (Fsp3) is 0.375. The monoisotopic (exact) mass is 298 g/mol. The van der Waals surface area contributed by atoms with Crippen LogP contribution in [0.1, 0.15) is 30.7 Å². The number of H-pyrrole nitrogens is 1. The Bertz CT molecular complexity index is 700. The van der Waals surface area contributed by atoms with Gasteiger partial charge in [-0.15, -0.1) is 0 Å².